The van der Waals surface area contributed by atoms with Crippen LogP contribution < -0.4 is 4.74 Å². The highest BCUT2D eigenvalue weighted by molar-refractivity contribution is 5.25. The normalized spacial score (nSPS) is 13.7. The Morgan fingerprint density at radius 1 is 1.33 bits per heavy atom. The fourth-order valence-corrected chi connectivity index (χ4v) is 1.42. The minimum atomic E-state index is -4.26. The van der Waals surface area contributed by atoms with Crippen molar-refractivity contribution in [2.24, 2.45) is 0 Å². The van der Waals surface area contributed by atoms with Crippen molar-refractivity contribution in [3.05, 3.63) is 24.0 Å². The van der Waals surface area contributed by atoms with E-state index in [1.807, 2.05) is 13.8 Å². The monoisotopic (exact) mass is 263 g/mol. The lowest BCUT2D eigenvalue weighted by molar-refractivity contribution is -0.140. The lowest BCUT2D eigenvalue weighted by Crippen LogP contribution is -2.11. The Hall–Kier alpha value is -1.30. The standard InChI is InChI=1S/C12H16F3NO2/c1-8(2)18-10-5-9(6-16-7-10)11(17)3-4-12(13,14)15/h5-8,11,17H,3-4H2,1-2H3. The SMILES string of the molecule is CC(C)Oc1cncc(C(O)CCC(F)(F)F)c1. The fourth-order valence-electron chi connectivity index (χ4n) is 1.42. The Bertz CT molecular complexity index is 380. The molecule has 0 fully saturated rings. The van der Waals surface area contributed by atoms with E-state index >= 15 is 0 Å². The van der Waals surface area contributed by atoms with Crippen LogP contribution in [0.15, 0.2) is 18.5 Å². The molecule has 0 radical (unpaired) electrons. The van der Waals surface area contributed by atoms with E-state index in [1.54, 1.807) is 0 Å². The Balaban J connectivity index is 2.65. The highest BCUT2D eigenvalue weighted by atomic mass is 19.4. The number of halogens is 3. The van der Waals surface area contributed by atoms with E-state index in [9.17, 15) is 18.3 Å². The van der Waals surface area contributed by atoms with Crippen LogP contribution in [-0.2, 0) is 0 Å². The molecular formula is C12H16F3NO2. The van der Waals surface area contributed by atoms with Crippen molar-refractivity contribution >= 4 is 0 Å². The van der Waals surface area contributed by atoms with Crippen molar-refractivity contribution in [3.63, 3.8) is 0 Å². The summed E-state index contributed by atoms with van der Waals surface area (Å²) in [6, 6.07) is 1.51. The Morgan fingerprint density at radius 2 is 2.00 bits per heavy atom. The summed E-state index contributed by atoms with van der Waals surface area (Å²) in [6.45, 7) is 3.65. The van der Waals surface area contributed by atoms with Gasteiger partial charge in [-0.05, 0) is 26.3 Å². The van der Waals surface area contributed by atoms with Crippen LogP contribution in [0.2, 0.25) is 0 Å². The van der Waals surface area contributed by atoms with Gasteiger partial charge >= 0.3 is 6.18 Å². The summed E-state index contributed by atoms with van der Waals surface area (Å²) in [6.07, 6.45) is -4.11. The minimum Gasteiger partial charge on any atom is -0.489 e. The zero-order chi connectivity index (χ0) is 13.8. The van der Waals surface area contributed by atoms with Crippen LogP contribution in [-0.4, -0.2) is 22.4 Å². The van der Waals surface area contributed by atoms with Gasteiger partial charge in [0.2, 0.25) is 0 Å². The van der Waals surface area contributed by atoms with Crippen molar-refractivity contribution < 1.29 is 23.0 Å². The van der Waals surface area contributed by atoms with E-state index in [1.165, 1.54) is 18.5 Å². The van der Waals surface area contributed by atoms with E-state index in [4.69, 9.17) is 4.74 Å². The van der Waals surface area contributed by atoms with Gasteiger partial charge in [-0.1, -0.05) is 0 Å². The fraction of sp³-hybridized carbons (Fsp3) is 0.583. The minimum absolute atomic E-state index is 0.0608. The molecule has 1 aromatic heterocycles. The van der Waals surface area contributed by atoms with Crippen LogP contribution in [0.25, 0.3) is 0 Å². The maximum atomic E-state index is 12.0. The second-order valence-corrected chi connectivity index (χ2v) is 4.29. The molecule has 6 heteroatoms. The van der Waals surface area contributed by atoms with E-state index < -0.39 is 18.7 Å². The average molecular weight is 263 g/mol. The zero-order valence-electron chi connectivity index (χ0n) is 10.2. The van der Waals surface area contributed by atoms with Gasteiger partial charge in [0.15, 0.2) is 0 Å². The predicted molar refractivity (Wildman–Crippen MR) is 60.2 cm³/mol. The number of hydrogen-bond acceptors (Lipinski definition) is 3. The van der Waals surface area contributed by atoms with E-state index in [2.05, 4.69) is 4.98 Å². The van der Waals surface area contributed by atoms with Crippen LogP contribution in [0.5, 0.6) is 5.75 Å². The highest BCUT2D eigenvalue weighted by Crippen LogP contribution is 2.28. The third-order valence-corrected chi connectivity index (χ3v) is 2.19. The largest absolute Gasteiger partial charge is 0.489 e. The van der Waals surface area contributed by atoms with E-state index in [-0.39, 0.29) is 12.5 Å². The zero-order valence-corrected chi connectivity index (χ0v) is 10.2. The predicted octanol–water partition coefficient (Wildman–Crippen LogP) is 3.24. The number of aliphatic hydroxyl groups excluding tert-OH is 1. The third kappa shape index (κ3) is 5.35. The molecule has 3 nitrogen and oxygen atoms in total. The van der Waals surface area contributed by atoms with Gasteiger partial charge in [-0.3, -0.25) is 4.98 Å². The Kier molecular flexibility index (Phi) is 4.95. The maximum Gasteiger partial charge on any atom is 0.389 e. The number of pyridine rings is 1. The van der Waals surface area contributed by atoms with Gasteiger partial charge in [-0.2, -0.15) is 13.2 Å². The maximum absolute atomic E-state index is 12.0. The quantitative estimate of drug-likeness (QED) is 0.886. The number of aliphatic hydroxyl groups is 1. The van der Waals surface area contributed by atoms with Crippen LogP contribution >= 0.6 is 0 Å². The number of aromatic nitrogens is 1. The molecule has 0 saturated carbocycles. The Labute approximate surface area is 104 Å². The molecule has 1 rings (SSSR count). The molecule has 0 bridgehead atoms. The van der Waals surface area contributed by atoms with Gasteiger partial charge in [0.05, 0.1) is 18.4 Å². The van der Waals surface area contributed by atoms with Crippen molar-refractivity contribution in [2.75, 3.05) is 0 Å². The van der Waals surface area contributed by atoms with Crippen molar-refractivity contribution in [1.82, 2.24) is 4.98 Å². The molecule has 1 heterocycles. The van der Waals surface area contributed by atoms with Crippen LogP contribution in [0, 0.1) is 0 Å². The first-order chi connectivity index (χ1) is 8.28. The molecule has 0 amide bonds. The molecule has 1 unspecified atom stereocenters. The lowest BCUT2D eigenvalue weighted by atomic mass is 10.1. The second kappa shape index (κ2) is 6.04. The molecule has 0 saturated heterocycles. The van der Waals surface area contributed by atoms with E-state index in [0.717, 1.165) is 0 Å². The van der Waals surface area contributed by atoms with Crippen LogP contribution in [0.1, 0.15) is 38.4 Å². The molecule has 0 aromatic carbocycles. The van der Waals surface area contributed by atoms with Gasteiger partial charge in [-0.25, -0.2) is 0 Å². The summed E-state index contributed by atoms with van der Waals surface area (Å²) in [7, 11) is 0. The molecule has 0 aliphatic carbocycles. The number of ether oxygens (including phenoxy) is 1. The third-order valence-electron chi connectivity index (χ3n) is 2.19. The van der Waals surface area contributed by atoms with Crippen LogP contribution in [0.3, 0.4) is 0 Å². The molecule has 0 aliphatic heterocycles. The summed E-state index contributed by atoms with van der Waals surface area (Å²) in [5, 5.41) is 9.65. The highest BCUT2D eigenvalue weighted by Gasteiger charge is 2.28. The van der Waals surface area contributed by atoms with Crippen molar-refractivity contribution in [2.45, 2.75) is 45.1 Å². The molecule has 1 N–H and O–H groups in total. The van der Waals surface area contributed by atoms with Crippen molar-refractivity contribution in [1.29, 1.82) is 0 Å². The molecule has 0 spiro atoms. The number of hydrogen-bond donors (Lipinski definition) is 1. The second-order valence-electron chi connectivity index (χ2n) is 4.29. The van der Waals surface area contributed by atoms with Gasteiger partial charge in [-0.15, -0.1) is 0 Å². The number of nitrogens with zero attached hydrogens (tertiary/aromatic N) is 1. The van der Waals surface area contributed by atoms with Gasteiger partial charge < -0.3 is 9.84 Å². The van der Waals surface area contributed by atoms with Crippen molar-refractivity contribution in [3.8, 4) is 5.75 Å². The summed E-state index contributed by atoms with van der Waals surface area (Å²) in [4.78, 5) is 3.84. The van der Waals surface area contributed by atoms with Gasteiger partial charge in [0.25, 0.3) is 0 Å². The van der Waals surface area contributed by atoms with E-state index in [0.29, 0.717) is 11.3 Å². The smallest absolute Gasteiger partial charge is 0.389 e. The molecule has 18 heavy (non-hydrogen) atoms. The topological polar surface area (TPSA) is 42.4 Å². The van der Waals surface area contributed by atoms with Crippen LogP contribution in [0.4, 0.5) is 13.2 Å². The summed E-state index contributed by atoms with van der Waals surface area (Å²) in [5.41, 5.74) is 0.331. The first-order valence-corrected chi connectivity index (χ1v) is 5.64. The first kappa shape index (κ1) is 14.8. The number of rotatable bonds is 5. The average Bonchev–Trinajstić information content (AvgIpc) is 2.24. The molecular weight excluding hydrogens is 247 g/mol. The van der Waals surface area contributed by atoms with Gasteiger partial charge in [0.1, 0.15) is 5.75 Å². The molecule has 1 aromatic rings. The first-order valence-electron chi connectivity index (χ1n) is 5.64. The number of alkyl halides is 3. The molecule has 1 atom stereocenters. The summed E-state index contributed by atoms with van der Waals surface area (Å²) in [5.74, 6) is 0.438. The molecule has 0 aliphatic rings. The summed E-state index contributed by atoms with van der Waals surface area (Å²) >= 11 is 0. The lowest BCUT2D eigenvalue weighted by Gasteiger charge is -2.14. The summed E-state index contributed by atoms with van der Waals surface area (Å²) < 4.78 is 41.4. The van der Waals surface area contributed by atoms with Gasteiger partial charge in [0, 0.05) is 18.2 Å². The molecule has 102 valence electrons. The Morgan fingerprint density at radius 3 is 2.56 bits per heavy atom.